The highest BCUT2D eigenvalue weighted by molar-refractivity contribution is 5.75. The second-order valence-electron chi connectivity index (χ2n) is 8.12. The van der Waals surface area contributed by atoms with E-state index in [9.17, 15) is 4.79 Å². The molecule has 0 atom stereocenters. The maximum atomic E-state index is 11.9. The van der Waals surface area contributed by atoms with Crippen LogP contribution < -0.4 is 0 Å². The van der Waals surface area contributed by atoms with Gasteiger partial charge in [-0.25, -0.2) is 0 Å². The lowest BCUT2D eigenvalue weighted by Crippen LogP contribution is -2.32. The van der Waals surface area contributed by atoms with Gasteiger partial charge in [-0.15, -0.1) is 0 Å². The van der Waals surface area contributed by atoms with Crippen molar-refractivity contribution in [3.05, 3.63) is 0 Å². The molecule has 0 aliphatic carbocycles. The molecule has 0 aromatic heterocycles. The molecule has 0 saturated heterocycles. The minimum atomic E-state index is 0.258. The van der Waals surface area contributed by atoms with Crippen LogP contribution in [-0.2, 0) is 4.79 Å². The van der Waals surface area contributed by atoms with E-state index in [0.717, 1.165) is 6.54 Å². The van der Waals surface area contributed by atoms with Crippen LogP contribution in [0.4, 0.5) is 0 Å². The van der Waals surface area contributed by atoms with Gasteiger partial charge in [0.15, 0.2) is 0 Å². The third-order valence-electron chi connectivity index (χ3n) is 5.30. The lowest BCUT2D eigenvalue weighted by atomic mass is 10.1. The van der Waals surface area contributed by atoms with Gasteiger partial charge in [-0.1, -0.05) is 105 Å². The van der Waals surface area contributed by atoms with Crippen molar-refractivity contribution in [2.45, 2.75) is 124 Å². The summed E-state index contributed by atoms with van der Waals surface area (Å²) >= 11 is 0. The number of hydrogen-bond donors (Lipinski definition) is 0. The van der Waals surface area contributed by atoms with Crippen LogP contribution in [0.25, 0.3) is 0 Å². The Labute approximate surface area is 178 Å². The minimum absolute atomic E-state index is 0.258. The topological polar surface area (TPSA) is 23.6 Å². The number of amides is 1. The predicted molar refractivity (Wildman–Crippen MR) is 127 cm³/mol. The van der Waals surface area contributed by atoms with Gasteiger partial charge in [0.05, 0.1) is 0 Å². The molecule has 0 aromatic carbocycles. The summed E-state index contributed by atoms with van der Waals surface area (Å²) < 4.78 is 0. The predicted octanol–water partition coefficient (Wildman–Crippen LogP) is 7.29. The lowest BCUT2D eigenvalue weighted by molar-refractivity contribution is -0.129. The molecule has 3 nitrogen and oxygen atoms in total. The molecule has 0 unspecified atom stereocenters. The van der Waals surface area contributed by atoms with Crippen molar-refractivity contribution < 1.29 is 4.79 Å². The minimum Gasteiger partial charge on any atom is -0.349 e. The van der Waals surface area contributed by atoms with Crippen molar-refractivity contribution in [1.82, 2.24) is 9.80 Å². The molecule has 3 heteroatoms. The summed E-state index contributed by atoms with van der Waals surface area (Å²) in [6, 6.07) is 0. The quantitative estimate of drug-likeness (QED) is 0.213. The van der Waals surface area contributed by atoms with Gasteiger partial charge in [0, 0.05) is 27.1 Å². The first-order valence-corrected chi connectivity index (χ1v) is 12.5. The Morgan fingerprint density at radius 1 is 0.571 bits per heavy atom. The fraction of sp³-hybridized carbons (Fsp3) is 0.960. The number of carbonyl (C=O) groups is 1. The normalized spacial score (nSPS) is 10.7. The smallest absolute Gasteiger partial charge is 0.223 e. The molecule has 0 bridgehead atoms. The Bertz CT molecular complexity index is 287. The van der Waals surface area contributed by atoms with Crippen LogP contribution in [0.2, 0.25) is 0 Å². The Morgan fingerprint density at radius 2 is 0.929 bits per heavy atom. The molecule has 0 radical (unpaired) electrons. The van der Waals surface area contributed by atoms with Gasteiger partial charge in [-0.2, -0.15) is 0 Å². The Kier molecular flexibility index (Phi) is 25.9. The molecule has 0 aliphatic heterocycles. The Hall–Kier alpha value is -0.570. The van der Waals surface area contributed by atoms with E-state index in [1.807, 2.05) is 27.9 Å². The summed E-state index contributed by atoms with van der Waals surface area (Å²) in [4.78, 5) is 16.2. The average Bonchev–Trinajstić information content (AvgIpc) is 2.71. The number of hydrogen-bond acceptors (Lipinski definition) is 2. The van der Waals surface area contributed by atoms with Gasteiger partial charge in [0.1, 0.15) is 0 Å². The van der Waals surface area contributed by atoms with Gasteiger partial charge in [0.25, 0.3) is 0 Å². The zero-order valence-corrected chi connectivity index (χ0v) is 20.5. The van der Waals surface area contributed by atoms with E-state index in [1.165, 1.54) is 103 Å². The van der Waals surface area contributed by atoms with E-state index < -0.39 is 0 Å². The molecule has 0 fully saturated rings. The van der Waals surface area contributed by atoms with Crippen molar-refractivity contribution in [2.75, 3.05) is 33.7 Å². The van der Waals surface area contributed by atoms with E-state index in [-0.39, 0.29) is 5.91 Å². The Morgan fingerprint density at radius 3 is 1.29 bits per heavy atom. The van der Waals surface area contributed by atoms with Crippen molar-refractivity contribution in [1.29, 1.82) is 0 Å². The molecule has 0 N–H and O–H groups in total. The highest BCUT2D eigenvalue weighted by atomic mass is 16.2. The molecular weight excluding hydrogens is 344 g/mol. The van der Waals surface area contributed by atoms with Crippen LogP contribution >= 0.6 is 0 Å². The van der Waals surface area contributed by atoms with Crippen LogP contribution in [-0.4, -0.2) is 49.4 Å². The Balaban J connectivity index is 0. The largest absolute Gasteiger partial charge is 0.349 e. The highest BCUT2D eigenvalue weighted by Crippen LogP contribution is 2.10. The van der Waals surface area contributed by atoms with E-state index >= 15 is 0 Å². The number of unbranched alkanes of at least 4 members (excludes halogenated alkanes) is 12. The SMILES string of the molecule is CC.CCCCCCCCCN(CCCCCCCCC)CCC(=O)N(C)C. The first kappa shape index (κ1) is 29.6. The molecule has 0 aliphatic rings. The molecule has 170 valence electrons. The molecule has 0 spiro atoms. The van der Waals surface area contributed by atoms with Gasteiger partial charge in [0.2, 0.25) is 5.91 Å². The average molecular weight is 399 g/mol. The molecule has 1 amide bonds. The first-order valence-electron chi connectivity index (χ1n) is 12.5. The summed E-state index contributed by atoms with van der Waals surface area (Å²) in [6.45, 7) is 11.8. The fourth-order valence-electron chi connectivity index (χ4n) is 3.40. The van der Waals surface area contributed by atoms with Crippen LogP contribution in [0.1, 0.15) is 124 Å². The second kappa shape index (κ2) is 24.5. The summed E-state index contributed by atoms with van der Waals surface area (Å²) in [6.07, 6.45) is 19.7. The third-order valence-corrected chi connectivity index (χ3v) is 5.30. The molecule has 0 rings (SSSR count). The fourth-order valence-corrected chi connectivity index (χ4v) is 3.40. The summed E-state index contributed by atoms with van der Waals surface area (Å²) in [5.41, 5.74) is 0. The maximum Gasteiger partial charge on any atom is 0.223 e. The molecule has 0 aromatic rings. The standard InChI is InChI=1S/C23H48N2O.C2H6/c1-5-7-9-11-13-15-17-20-25(22-19-23(26)24(3)4)21-18-16-14-12-10-8-6-2;1-2/h5-22H2,1-4H3;1-2H3. The molecular formula is C25H54N2O. The molecule has 0 saturated carbocycles. The van der Waals surface area contributed by atoms with E-state index in [0.29, 0.717) is 6.42 Å². The van der Waals surface area contributed by atoms with E-state index in [2.05, 4.69) is 18.7 Å². The number of rotatable bonds is 19. The highest BCUT2D eigenvalue weighted by Gasteiger charge is 2.09. The third kappa shape index (κ3) is 21.7. The second-order valence-corrected chi connectivity index (χ2v) is 8.12. The van der Waals surface area contributed by atoms with Crippen LogP contribution in [0.5, 0.6) is 0 Å². The maximum absolute atomic E-state index is 11.9. The molecule has 0 heterocycles. The zero-order chi connectivity index (χ0) is 21.5. The summed E-state index contributed by atoms with van der Waals surface area (Å²) in [5.74, 6) is 0.258. The first-order chi connectivity index (χ1) is 13.6. The van der Waals surface area contributed by atoms with Crippen molar-refractivity contribution in [3.8, 4) is 0 Å². The van der Waals surface area contributed by atoms with Gasteiger partial charge >= 0.3 is 0 Å². The summed E-state index contributed by atoms with van der Waals surface area (Å²) in [5, 5.41) is 0. The van der Waals surface area contributed by atoms with Gasteiger partial charge in [-0.3, -0.25) is 4.79 Å². The van der Waals surface area contributed by atoms with Crippen molar-refractivity contribution >= 4 is 5.91 Å². The monoisotopic (exact) mass is 398 g/mol. The van der Waals surface area contributed by atoms with Gasteiger partial charge in [-0.05, 0) is 25.9 Å². The van der Waals surface area contributed by atoms with Crippen LogP contribution in [0.3, 0.4) is 0 Å². The number of carbonyl (C=O) groups excluding carboxylic acids is 1. The van der Waals surface area contributed by atoms with Gasteiger partial charge < -0.3 is 9.80 Å². The number of nitrogens with zero attached hydrogens (tertiary/aromatic N) is 2. The van der Waals surface area contributed by atoms with E-state index in [4.69, 9.17) is 0 Å². The molecule has 28 heavy (non-hydrogen) atoms. The van der Waals surface area contributed by atoms with Crippen LogP contribution in [0, 0.1) is 0 Å². The lowest BCUT2D eigenvalue weighted by Gasteiger charge is -2.23. The summed E-state index contributed by atoms with van der Waals surface area (Å²) in [7, 11) is 3.72. The van der Waals surface area contributed by atoms with Crippen molar-refractivity contribution in [2.24, 2.45) is 0 Å². The van der Waals surface area contributed by atoms with E-state index in [1.54, 1.807) is 4.90 Å². The zero-order valence-electron chi connectivity index (χ0n) is 20.5. The van der Waals surface area contributed by atoms with Crippen molar-refractivity contribution in [3.63, 3.8) is 0 Å². The van der Waals surface area contributed by atoms with Crippen LogP contribution in [0.15, 0.2) is 0 Å².